The van der Waals surface area contributed by atoms with Gasteiger partial charge in [0.2, 0.25) is 0 Å². The first-order valence-corrected chi connectivity index (χ1v) is 12.1. The van der Waals surface area contributed by atoms with E-state index < -0.39 is 0 Å². The van der Waals surface area contributed by atoms with Crippen molar-refractivity contribution in [3.63, 3.8) is 0 Å². The molecule has 4 rings (SSSR count). The van der Waals surface area contributed by atoms with Crippen LogP contribution in [-0.2, 0) is 17.0 Å². The molecule has 174 valence electrons. The number of nitrogens with zero attached hydrogens (tertiary/aromatic N) is 2. The molecule has 4 aromatic rings. The molecule has 0 atom stereocenters. The largest absolute Gasteiger partial charge is 0.383 e. The summed E-state index contributed by atoms with van der Waals surface area (Å²) >= 11 is 7.78. The molecule has 0 aliphatic rings. The second kappa shape index (κ2) is 11.3. The Kier molecular flexibility index (Phi) is 8.00. The number of carbonyl (C=O) groups excluding carboxylic acids is 1. The molecule has 0 saturated carbocycles. The van der Waals surface area contributed by atoms with Gasteiger partial charge in [-0.2, -0.15) is 0 Å². The van der Waals surface area contributed by atoms with Gasteiger partial charge in [-0.25, -0.2) is 4.98 Å². The molecule has 1 aromatic heterocycles. The lowest BCUT2D eigenvalue weighted by atomic mass is 10.1. The van der Waals surface area contributed by atoms with Crippen LogP contribution in [0.1, 0.15) is 21.5 Å². The fourth-order valence-electron chi connectivity index (χ4n) is 3.48. The Bertz CT molecular complexity index is 1360. The van der Waals surface area contributed by atoms with Crippen LogP contribution >= 0.6 is 23.4 Å². The average Bonchev–Trinajstić information content (AvgIpc) is 2.86. The summed E-state index contributed by atoms with van der Waals surface area (Å²) in [6.07, 6.45) is 0. The standard InChI is InChI=1S/C26H24ClN3O3S/c1-33-14-13-28-24(31)19-11-12-21-23(15-19)29-26(34-17-20-9-5-6-10-22(20)27)30(25(21)32)16-18-7-3-2-4-8-18/h2-12,15H,13-14,16-17H2,1H3,(H,28,31). The van der Waals surface area contributed by atoms with Crippen LogP contribution in [-0.4, -0.2) is 35.7 Å². The molecule has 0 bridgehead atoms. The Morgan fingerprint density at radius 3 is 2.62 bits per heavy atom. The molecule has 8 heteroatoms. The number of halogens is 1. The quantitative estimate of drug-likeness (QED) is 0.206. The lowest BCUT2D eigenvalue weighted by molar-refractivity contribution is 0.0937. The molecule has 0 unspecified atom stereocenters. The molecule has 34 heavy (non-hydrogen) atoms. The zero-order valence-electron chi connectivity index (χ0n) is 18.7. The highest BCUT2D eigenvalue weighted by atomic mass is 35.5. The van der Waals surface area contributed by atoms with Crippen LogP contribution in [0.3, 0.4) is 0 Å². The van der Waals surface area contributed by atoms with Crippen LogP contribution in [0, 0.1) is 0 Å². The minimum Gasteiger partial charge on any atom is -0.383 e. The summed E-state index contributed by atoms with van der Waals surface area (Å²) < 4.78 is 6.66. The van der Waals surface area contributed by atoms with Crippen molar-refractivity contribution in [1.29, 1.82) is 0 Å². The van der Waals surface area contributed by atoms with E-state index in [0.717, 1.165) is 11.1 Å². The van der Waals surface area contributed by atoms with E-state index in [4.69, 9.17) is 21.3 Å². The Morgan fingerprint density at radius 1 is 1.09 bits per heavy atom. The fourth-order valence-corrected chi connectivity index (χ4v) is 4.77. The zero-order valence-corrected chi connectivity index (χ0v) is 20.2. The number of ether oxygens (including phenoxy) is 1. The monoisotopic (exact) mass is 493 g/mol. The number of carbonyl (C=O) groups is 1. The average molecular weight is 494 g/mol. The third kappa shape index (κ3) is 5.67. The van der Waals surface area contributed by atoms with Gasteiger partial charge in [-0.15, -0.1) is 0 Å². The highest BCUT2D eigenvalue weighted by Gasteiger charge is 2.15. The Morgan fingerprint density at radius 2 is 1.85 bits per heavy atom. The third-order valence-corrected chi connectivity index (χ3v) is 6.67. The van der Waals surface area contributed by atoms with Gasteiger partial charge >= 0.3 is 0 Å². The first kappa shape index (κ1) is 24.0. The van der Waals surface area contributed by atoms with Gasteiger partial charge in [0, 0.05) is 30.0 Å². The molecule has 1 heterocycles. The SMILES string of the molecule is COCCNC(=O)c1ccc2c(=O)n(Cc3ccccc3)c(SCc3ccccc3Cl)nc2c1. The first-order chi connectivity index (χ1) is 16.6. The van der Waals surface area contributed by atoms with E-state index in [1.165, 1.54) is 11.8 Å². The van der Waals surface area contributed by atoms with E-state index in [9.17, 15) is 9.59 Å². The number of amides is 1. The number of nitrogens with one attached hydrogen (secondary N) is 1. The summed E-state index contributed by atoms with van der Waals surface area (Å²) in [5, 5.41) is 4.50. The smallest absolute Gasteiger partial charge is 0.262 e. The number of methoxy groups -OCH3 is 1. The third-order valence-electron chi connectivity index (χ3n) is 5.27. The molecule has 0 aliphatic heterocycles. The highest BCUT2D eigenvalue weighted by molar-refractivity contribution is 7.98. The number of thioether (sulfide) groups is 1. The summed E-state index contributed by atoms with van der Waals surface area (Å²) in [5.74, 6) is 0.323. The van der Waals surface area contributed by atoms with Crippen molar-refractivity contribution in [2.75, 3.05) is 20.3 Å². The summed E-state index contributed by atoms with van der Waals surface area (Å²) in [6, 6.07) is 22.4. The fraction of sp³-hybridized carbons (Fsp3) is 0.192. The van der Waals surface area contributed by atoms with Gasteiger partial charge in [0.1, 0.15) is 0 Å². The Labute approximate surface area is 206 Å². The number of aromatic nitrogens is 2. The first-order valence-electron chi connectivity index (χ1n) is 10.8. The van der Waals surface area contributed by atoms with Crippen molar-refractivity contribution in [3.05, 3.63) is 105 Å². The summed E-state index contributed by atoms with van der Waals surface area (Å²) in [5.41, 5.74) is 2.73. The molecule has 6 nitrogen and oxygen atoms in total. The second-order valence-corrected chi connectivity index (χ2v) is 8.98. The predicted octanol–water partition coefficient (Wildman–Crippen LogP) is 4.77. The molecule has 0 radical (unpaired) electrons. The summed E-state index contributed by atoms with van der Waals surface area (Å²) in [4.78, 5) is 30.8. The van der Waals surface area contributed by atoms with Crippen LogP contribution in [0.5, 0.6) is 0 Å². The normalized spacial score (nSPS) is 11.0. The van der Waals surface area contributed by atoms with Gasteiger partial charge in [0.15, 0.2) is 5.16 Å². The predicted molar refractivity (Wildman–Crippen MR) is 137 cm³/mol. The van der Waals surface area contributed by atoms with E-state index in [0.29, 0.717) is 52.1 Å². The van der Waals surface area contributed by atoms with Crippen molar-refractivity contribution in [3.8, 4) is 0 Å². The van der Waals surface area contributed by atoms with Crippen molar-refractivity contribution >= 4 is 40.2 Å². The van der Waals surface area contributed by atoms with Crippen molar-refractivity contribution in [2.45, 2.75) is 17.5 Å². The number of fused-ring (bicyclic) bond motifs is 1. The molecule has 1 N–H and O–H groups in total. The van der Waals surface area contributed by atoms with Gasteiger partial charge < -0.3 is 10.1 Å². The van der Waals surface area contributed by atoms with Crippen LogP contribution in [0.2, 0.25) is 5.02 Å². The molecular formula is C26H24ClN3O3S. The molecule has 0 saturated heterocycles. The number of hydrogen-bond donors (Lipinski definition) is 1. The maximum Gasteiger partial charge on any atom is 0.262 e. The molecular weight excluding hydrogens is 470 g/mol. The molecule has 0 spiro atoms. The molecule has 0 fully saturated rings. The van der Waals surface area contributed by atoms with Crippen molar-refractivity contribution in [2.24, 2.45) is 0 Å². The van der Waals surface area contributed by atoms with Crippen molar-refractivity contribution in [1.82, 2.24) is 14.9 Å². The van der Waals surface area contributed by atoms with E-state index in [2.05, 4.69) is 5.32 Å². The molecule has 1 amide bonds. The second-order valence-electron chi connectivity index (χ2n) is 7.63. The maximum absolute atomic E-state index is 13.5. The van der Waals surface area contributed by atoms with Crippen LogP contribution in [0.4, 0.5) is 0 Å². The van der Waals surface area contributed by atoms with E-state index >= 15 is 0 Å². The van der Waals surface area contributed by atoms with Gasteiger partial charge in [-0.3, -0.25) is 14.2 Å². The Hall–Kier alpha value is -3.13. The lowest BCUT2D eigenvalue weighted by Crippen LogP contribution is -2.27. The summed E-state index contributed by atoms with van der Waals surface area (Å²) in [7, 11) is 1.58. The van der Waals surface area contributed by atoms with E-state index in [1.807, 2.05) is 54.6 Å². The van der Waals surface area contributed by atoms with Gasteiger partial charge in [0.25, 0.3) is 11.5 Å². The van der Waals surface area contributed by atoms with Gasteiger partial charge in [-0.1, -0.05) is 71.9 Å². The van der Waals surface area contributed by atoms with E-state index in [1.54, 1.807) is 29.9 Å². The van der Waals surface area contributed by atoms with Gasteiger partial charge in [-0.05, 0) is 35.4 Å². The van der Waals surface area contributed by atoms with Crippen LogP contribution < -0.4 is 10.9 Å². The lowest BCUT2D eigenvalue weighted by Gasteiger charge is -2.14. The van der Waals surface area contributed by atoms with E-state index in [-0.39, 0.29) is 11.5 Å². The number of benzene rings is 3. The molecule has 0 aliphatic carbocycles. The minimum absolute atomic E-state index is 0.151. The van der Waals surface area contributed by atoms with Crippen LogP contribution in [0.25, 0.3) is 10.9 Å². The maximum atomic E-state index is 13.5. The zero-order chi connectivity index (χ0) is 23.9. The highest BCUT2D eigenvalue weighted by Crippen LogP contribution is 2.26. The minimum atomic E-state index is -0.237. The Balaban J connectivity index is 1.73. The molecule has 3 aromatic carbocycles. The number of rotatable bonds is 9. The number of hydrogen-bond acceptors (Lipinski definition) is 5. The van der Waals surface area contributed by atoms with Crippen LogP contribution in [0.15, 0.2) is 82.7 Å². The van der Waals surface area contributed by atoms with Gasteiger partial charge in [0.05, 0.1) is 24.1 Å². The van der Waals surface area contributed by atoms with Crippen molar-refractivity contribution < 1.29 is 9.53 Å². The topological polar surface area (TPSA) is 73.2 Å². The summed E-state index contributed by atoms with van der Waals surface area (Å²) in [6.45, 7) is 1.22.